The number of Topliss-reactive ketones (excluding diaryl/α,β-unsaturated/α-hetero) is 2. The van der Waals surface area contributed by atoms with Crippen molar-refractivity contribution in [3.63, 3.8) is 0 Å². The summed E-state index contributed by atoms with van der Waals surface area (Å²) in [6.07, 6.45) is 5.50. The van der Waals surface area contributed by atoms with Crippen LogP contribution < -0.4 is 5.32 Å². The molecule has 3 rings (SSSR count). The first-order valence-electron chi connectivity index (χ1n) is 9.76. The highest BCUT2D eigenvalue weighted by molar-refractivity contribution is 6.15. The molecular weight excluding hydrogens is 362 g/mol. The first kappa shape index (κ1) is 20.5. The molecule has 0 aliphatic heterocycles. The number of hydrogen-bond donors (Lipinski definition) is 1. The fraction of sp³-hybridized carbons (Fsp3) is 0.320. The van der Waals surface area contributed by atoms with Gasteiger partial charge in [0, 0.05) is 30.9 Å². The Morgan fingerprint density at radius 3 is 2.31 bits per heavy atom. The number of nitrogens with one attached hydrogen (secondary N) is 1. The van der Waals surface area contributed by atoms with Gasteiger partial charge in [0.2, 0.25) is 5.91 Å². The molecule has 0 radical (unpaired) electrons. The number of carbonyl (C=O) groups is 3. The van der Waals surface area contributed by atoms with Gasteiger partial charge in [-0.1, -0.05) is 35.7 Å². The van der Waals surface area contributed by atoms with Crippen molar-refractivity contribution in [2.45, 2.75) is 46.1 Å². The molecule has 2 aromatic rings. The van der Waals surface area contributed by atoms with Crippen molar-refractivity contribution in [2.75, 3.05) is 0 Å². The monoisotopic (exact) mass is 387 g/mol. The van der Waals surface area contributed by atoms with Gasteiger partial charge in [-0.25, -0.2) is 0 Å². The number of amides is 1. The van der Waals surface area contributed by atoms with Gasteiger partial charge in [0.05, 0.1) is 0 Å². The lowest BCUT2D eigenvalue weighted by molar-refractivity contribution is -0.128. The Morgan fingerprint density at radius 1 is 1.10 bits per heavy atom. The third-order valence-corrected chi connectivity index (χ3v) is 5.53. The van der Waals surface area contributed by atoms with Crippen LogP contribution in [0.5, 0.6) is 0 Å². The first-order valence-corrected chi connectivity index (χ1v) is 9.76. The molecule has 1 saturated carbocycles. The minimum absolute atomic E-state index is 0.0352. The normalized spacial score (nSPS) is 18.6. The average molecular weight is 387 g/mol. The van der Waals surface area contributed by atoms with E-state index in [2.05, 4.69) is 11.2 Å². The topological polar surface area (TPSA) is 63.2 Å². The summed E-state index contributed by atoms with van der Waals surface area (Å²) in [5, 5.41) is 2.83. The number of carbonyl (C=O) groups excluding carboxylic acids is 3. The molecule has 0 aromatic heterocycles. The van der Waals surface area contributed by atoms with Crippen molar-refractivity contribution in [1.82, 2.24) is 5.32 Å². The van der Waals surface area contributed by atoms with Crippen LogP contribution in [-0.4, -0.2) is 17.5 Å². The molecule has 1 fully saturated rings. The van der Waals surface area contributed by atoms with Gasteiger partial charge in [-0.05, 0) is 55.2 Å². The van der Waals surface area contributed by atoms with E-state index in [0.29, 0.717) is 6.54 Å². The molecule has 1 aliphatic carbocycles. The Labute approximate surface area is 171 Å². The van der Waals surface area contributed by atoms with Crippen LogP contribution in [0.4, 0.5) is 0 Å². The highest BCUT2D eigenvalue weighted by atomic mass is 16.2. The number of rotatable bonds is 5. The Hall–Kier alpha value is -3.19. The van der Waals surface area contributed by atoms with E-state index in [1.165, 1.54) is 0 Å². The summed E-state index contributed by atoms with van der Waals surface area (Å²) in [4.78, 5) is 38.0. The van der Waals surface area contributed by atoms with Crippen LogP contribution in [0.3, 0.4) is 0 Å². The van der Waals surface area contributed by atoms with Gasteiger partial charge in [-0.3, -0.25) is 14.4 Å². The van der Waals surface area contributed by atoms with E-state index < -0.39 is 11.8 Å². The Morgan fingerprint density at radius 2 is 1.72 bits per heavy atom. The quantitative estimate of drug-likeness (QED) is 0.630. The summed E-state index contributed by atoms with van der Waals surface area (Å²) >= 11 is 0. The molecule has 0 heterocycles. The predicted octanol–water partition coefficient (Wildman–Crippen LogP) is 3.54. The van der Waals surface area contributed by atoms with Gasteiger partial charge < -0.3 is 5.32 Å². The number of hydrogen-bond acceptors (Lipinski definition) is 3. The third kappa shape index (κ3) is 4.46. The molecule has 1 N–H and O–H groups in total. The standard InChI is InChI=1S/C25H25NO3/c1-5-18-6-8-19(9-7-18)14-26-22(28)13-20-12-21(27)24(25(20)29)23-16(3)10-15(2)11-17(23)4/h1,6-11,20,24H,12-14H2,2-4H3,(H,26,28). The van der Waals surface area contributed by atoms with Crippen LogP contribution >= 0.6 is 0 Å². The van der Waals surface area contributed by atoms with Gasteiger partial charge in [0.25, 0.3) is 0 Å². The van der Waals surface area contributed by atoms with Crippen molar-refractivity contribution in [3.8, 4) is 12.3 Å². The number of terminal acetylenes is 1. The summed E-state index contributed by atoms with van der Waals surface area (Å²) in [6, 6.07) is 11.3. The summed E-state index contributed by atoms with van der Waals surface area (Å²) < 4.78 is 0. The second-order valence-corrected chi connectivity index (χ2v) is 7.84. The van der Waals surface area contributed by atoms with Gasteiger partial charge in [0.1, 0.15) is 11.7 Å². The minimum Gasteiger partial charge on any atom is -0.352 e. The van der Waals surface area contributed by atoms with Crippen molar-refractivity contribution in [3.05, 3.63) is 69.8 Å². The van der Waals surface area contributed by atoms with Crippen LogP contribution in [0.1, 0.15) is 52.1 Å². The van der Waals surface area contributed by atoms with Crippen LogP contribution in [-0.2, 0) is 20.9 Å². The molecule has 148 valence electrons. The van der Waals surface area contributed by atoms with Crippen LogP contribution in [0.2, 0.25) is 0 Å². The van der Waals surface area contributed by atoms with E-state index in [-0.39, 0.29) is 30.3 Å². The molecular formula is C25H25NO3. The van der Waals surface area contributed by atoms with E-state index >= 15 is 0 Å². The number of benzene rings is 2. The number of aryl methyl sites for hydroxylation is 3. The second kappa shape index (κ2) is 8.45. The summed E-state index contributed by atoms with van der Waals surface area (Å²) in [7, 11) is 0. The maximum absolute atomic E-state index is 13.0. The minimum atomic E-state index is -0.746. The lowest BCUT2D eigenvalue weighted by atomic mass is 9.86. The summed E-state index contributed by atoms with van der Waals surface area (Å²) in [6.45, 7) is 6.22. The average Bonchev–Trinajstić information content (AvgIpc) is 2.94. The molecule has 1 amide bonds. The molecule has 2 atom stereocenters. The summed E-state index contributed by atoms with van der Waals surface area (Å²) in [5.74, 6) is 0.787. The van der Waals surface area contributed by atoms with Crippen molar-refractivity contribution in [2.24, 2.45) is 5.92 Å². The van der Waals surface area contributed by atoms with E-state index in [1.807, 2.05) is 57.2 Å². The largest absolute Gasteiger partial charge is 0.352 e. The molecule has 2 unspecified atom stereocenters. The molecule has 2 aromatic carbocycles. The maximum Gasteiger partial charge on any atom is 0.221 e. The highest BCUT2D eigenvalue weighted by Crippen LogP contribution is 2.37. The molecule has 4 heteroatoms. The molecule has 1 aliphatic rings. The van der Waals surface area contributed by atoms with E-state index in [4.69, 9.17) is 6.42 Å². The van der Waals surface area contributed by atoms with Gasteiger partial charge in [-0.2, -0.15) is 0 Å². The van der Waals surface area contributed by atoms with E-state index in [1.54, 1.807) is 0 Å². The molecule has 0 saturated heterocycles. The maximum atomic E-state index is 13.0. The molecule has 29 heavy (non-hydrogen) atoms. The van der Waals surface area contributed by atoms with Crippen LogP contribution in [0.25, 0.3) is 0 Å². The summed E-state index contributed by atoms with van der Waals surface area (Å²) in [5.41, 5.74) is 5.53. The van der Waals surface area contributed by atoms with Crippen LogP contribution in [0.15, 0.2) is 36.4 Å². The van der Waals surface area contributed by atoms with E-state index in [0.717, 1.165) is 33.4 Å². The SMILES string of the molecule is C#Cc1ccc(CNC(=O)CC2CC(=O)C(c3c(C)cc(C)cc3C)C2=O)cc1. The highest BCUT2D eigenvalue weighted by Gasteiger charge is 2.43. The fourth-order valence-electron chi connectivity index (χ4n) is 4.19. The molecule has 0 bridgehead atoms. The smallest absolute Gasteiger partial charge is 0.221 e. The first-order chi connectivity index (χ1) is 13.8. The predicted molar refractivity (Wildman–Crippen MR) is 112 cm³/mol. The Bertz CT molecular complexity index is 988. The lowest BCUT2D eigenvalue weighted by Crippen LogP contribution is -2.27. The van der Waals surface area contributed by atoms with Crippen molar-refractivity contribution >= 4 is 17.5 Å². The zero-order valence-corrected chi connectivity index (χ0v) is 17.0. The second-order valence-electron chi connectivity index (χ2n) is 7.84. The Balaban J connectivity index is 1.65. The fourth-order valence-corrected chi connectivity index (χ4v) is 4.19. The van der Waals surface area contributed by atoms with E-state index in [9.17, 15) is 14.4 Å². The molecule has 0 spiro atoms. The van der Waals surface area contributed by atoms with Crippen molar-refractivity contribution in [1.29, 1.82) is 0 Å². The van der Waals surface area contributed by atoms with Gasteiger partial charge in [-0.15, -0.1) is 6.42 Å². The lowest BCUT2D eigenvalue weighted by Gasteiger charge is -2.16. The zero-order chi connectivity index (χ0) is 21.1. The Kier molecular flexibility index (Phi) is 5.98. The van der Waals surface area contributed by atoms with Crippen LogP contribution in [0, 0.1) is 39.0 Å². The van der Waals surface area contributed by atoms with Crippen molar-refractivity contribution < 1.29 is 14.4 Å². The zero-order valence-electron chi connectivity index (χ0n) is 17.0. The third-order valence-electron chi connectivity index (χ3n) is 5.53. The van der Waals surface area contributed by atoms with Gasteiger partial charge in [0.15, 0.2) is 5.78 Å². The van der Waals surface area contributed by atoms with Gasteiger partial charge >= 0.3 is 0 Å². The molecule has 4 nitrogen and oxygen atoms in total. The number of ketones is 2.